The number of ether oxygens (including phenoxy) is 2. The number of fused-ring (bicyclic) bond motifs is 1. The molecule has 6 rings (SSSR count). The highest BCUT2D eigenvalue weighted by atomic mass is 16.6. The van der Waals surface area contributed by atoms with E-state index < -0.39 is 5.60 Å². The molecule has 2 fully saturated rings. The molecule has 3 aliphatic heterocycles. The van der Waals surface area contributed by atoms with Gasteiger partial charge in [0.25, 0.3) is 0 Å². The van der Waals surface area contributed by atoms with E-state index in [4.69, 9.17) is 14.5 Å². The molecule has 3 aliphatic rings. The van der Waals surface area contributed by atoms with E-state index in [1.807, 2.05) is 37.7 Å². The molecule has 3 aromatic rings. The number of likely N-dealkylation sites (tertiary alicyclic amines) is 1. The zero-order chi connectivity index (χ0) is 30.5. The second kappa shape index (κ2) is 13.7. The van der Waals surface area contributed by atoms with Gasteiger partial charge in [0.05, 0.1) is 25.3 Å². The molecule has 0 amide bonds. The van der Waals surface area contributed by atoms with Crippen molar-refractivity contribution in [2.75, 3.05) is 62.7 Å². The van der Waals surface area contributed by atoms with Crippen LogP contribution < -0.4 is 10.2 Å². The first kappa shape index (κ1) is 30.6. The fraction of sp³-hybridized carbons (Fsp3) is 0.571. The van der Waals surface area contributed by atoms with E-state index in [-0.39, 0.29) is 11.9 Å². The van der Waals surface area contributed by atoms with E-state index in [1.54, 1.807) is 6.20 Å². The highest BCUT2D eigenvalue weighted by Gasteiger charge is 2.29. The van der Waals surface area contributed by atoms with Gasteiger partial charge in [-0.15, -0.1) is 0 Å². The first-order chi connectivity index (χ1) is 21.3. The minimum Gasteiger partial charge on any atom is -0.460 e. The van der Waals surface area contributed by atoms with Crippen molar-refractivity contribution in [3.8, 4) is 5.69 Å². The van der Waals surface area contributed by atoms with Crippen LogP contribution in [0.2, 0.25) is 0 Å². The Morgan fingerprint density at radius 3 is 2.77 bits per heavy atom. The van der Waals surface area contributed by atoms with Gasteiger partial charge in [0.1, 0.15) is 11.4 Å². The number of rotatable bonds is 10. The van der Waals surface area contributed by atoms with E-state index in [2.05, 4.69) is 50.5 Å². The maximum absolute atomic E-state index is 13.2. The summed E-state index contributed by atoms with van der Waals surface area (Å²) in [4.78, 5) is 23.1. The van der Waals surface area contributed by atoms with E-state index in [0.717, 1.165) is 94.5 Å². The average Bonchev–Trinajstić information content (AvgIpc) is 3.72. The first-order valence-electron chi connectivity index (χ1n) is 16.4. The van der Waals surface area contributed by atoms with Crippen LogP contribution in [0.4, 0.5) is 11.5 Å². The molecular weight excluding hydrogens is 552 g/mol. The van der Waals surface area contributed by atoms with Crippen LogP contribution in [0, 0.1) is 5.92 Å². The number of hydrogen-bond acceptors (Lipinski definition) is 8. The van der Waals surface area contributed by atoms with Crippen molar-refractivity contribution in [2.24, 2.45) is 5.92 Å². The molecule has 9 nitrogen and oxygen atoms in total. The third kappa shape index (κ3) is 7.99. The number of aromatic nitrogens is 3. The number of carbonyl (C=O) groups excluding carboxylic acids is 1. The highest BCUT2D eigenvalue weighted by Crippen LogP contribution is 2.32. The zero-order valence-corrected chi connectivity index (χ0v) is 26.6. The normalized spacial score (nSPS) is 19.8. The predicted octanol–water partition coefficient (Wildman–Crippen LogP) is 5.23. The zero-order valence-electron chi connectivity index (χ0n) is 26.6. The van der Waals surface area contributed by atoms with Crippen LogP contribution in [0.3, 0.4) is 0 Å². The monoisotopic (exact) mass is 600 g/mol. The number of esters is 1. The third-order valence-electron chi connectivity index (χ3n) is 8.98. The molecule has 0 bridgehead atoms. The largest absolute Gasteiger partial charge is 0.460 e. The van der Waals surface area contributed by atoms with E-state index in [9.17, 15) is 4.79 Å². The SMILES string of the molecule is CC(C)(C)OC(=O)C[C@H](CN1CC[C@@H](CCc2ccc3c(n2)NCCC3)C1)c1cc(N2CCOCC2)cc(-n2cccn2)c1. The number of hydrogen-bond donors (Lipinski definition) is 1. The van der Waals surface area contributed by atoms with Crippen LogP contribution in [0.25, 0.3) is 5.69 Å². The second-order valence-electron chi connectivity index (χ2n) is 13.6. The minimum atomic E-state index is -0.517. The van der Waals surface area contributed by atoms with Crippen molar-refractivity contribution in [1.29, 1.82) is 0 Å². The van der Waals surface area contributed by atoms with Gasteiger partial charge in [-0.25, -0.2) is 9.67 Å². The van der Waals surface area contributed by atoms with Crippen LogP contribution in [0.5, 0.6) is 0 Å². The lowest BCUT2D eigenvalue weighted by atomic mass is 9.93. The number of nitrogens with zero attached hydrogens (tertiary/aromatic N) is 5. The Morgan fingerprint density at radius 1 is 1.14 bits per heavy atom. The fourth-order valence-electron chi connectivity index (χ4n) is 6.77. The molecule has 2 saturated heterocycles. The van der Waals surface area contributed by atoms with Gasteiger partial charge >= 0.3 is 5.97 Å². The van der Waals surface area contributed by atoms with Gasteiger partial charge in [-0.1, -0.05) is 6.07 Å². The van der Waals surface area contributed by atoms with Crippen molar-refractivity contribution in [3.63, 3.8) is 0 Å². The molecule has 1 N–H and O–H groups in total. The summed E-state index contributed by atoms with van der Waals surface area (Å²) >= 11 is 0. The van der Waals surface area contributed by atoms with Crippen molar-refractivity contribution in [3.05, 3.63) is 65.6 Å². The van der Waals surface area contributed by atoms with Crippen molar-refractivity contribution < 1.29 is 14.3 Å². The molecule has 9 heteroatoms. The molecule has 0 spiro atoms. The summed E-state index contributed by atoms with van der Waals surface area (Å²) < 4.78 is 13.4. The lowest BCUT2D eigenvalue weighted by molar-refractivity contribution is -0.155. The van der Waals surface area contributed by atoms with Gasteiger partial charge in [0.2, 0.25) is 0 Å². The van der Waals surface area contributed by atoms with Gasteiger partial charge in [0, 0.05) is 62.4 Å². The van der Waals surface area contributed by atoms with Crippen LogP contribution in [-0.2, 0) is 27.1 Å². The lowest BCUT2D eigenvalue weighted by Crippen LogP contribution is -2.36. The summed E-state index contributed by atoms with van der Waals surface area (Å²) in [6.45, 7) is 12.9. The van der Waals surface area contributed by atoms with Crippen LogP contribution in [0.15, 0.2) is 48.8 Å². The Hall–Kier alpha value is -3.43. The molecule has 2 aromatic heterocycles. The summed E-state index contributed by atoms with van der Waals surface area (Å²) in [6.07, 6.45) is 9.74. The molecule has 0 radical (unpaired) electrons. The predicted molar refractivity (Wildman–Crippen MR) is 174 cm³/mol. The van der Waals surface area contributed by atoms with Gasteiger partial charge < -0.3 is 24.6 Å². The molecule has 236 valence electrons. The van der Waals surface area contributed by atoms with Gasteiger partial charge in [-0.05, 0) is 107 Å². The third-order valence-corrected chi connectivity index (χ3v) is 8.98. The molecule has 44 heavy (non-hydrogen) atoms. The molecule has 0 unspecified atom stereocenters. The quantitative estimate of drug-likeness (QED) is 0.317. The van der Waals surface area contributed by atoms with Crippen molar-refractivity contribution in [1.82, 2.24) is 19.7 Å². The lowest BCUT2D eigenvalue weighted by Gasteiger charge is -2.31. The minimum absolute atomic E-state index is 0.00675. The number of nitrogens with one attached hydrogen (secondary N) is 1. The topological polar surface area (TPSA) is 84.8 Å². The van der Waals surface area contributed by atoms with Gasteiger partial charge in [-0.3, -0.25) is 4.79 Å². The summed E-state index contributed by atoms with van der Waals surface area (Å²) in [5, 5.41) is 8.00. The molecule has 1 aromatic carbocycles. The summed E-state index contributed by atoms with van der Waals surface area (Å²) in [5.74, 6) is 1.57. The molecular formula is C35H48N6O3. The van der Waals surface area contributed by atoms with E-state index in [1.165, 1.54) is 24.1 Å². The number of anilines is 2. The van der Waals surface area contributed by atoms with Crippen LogP contribution >= 0.6 is 0 Å². The summed E-state index contributed by atoms with van der Waals surface area (Å²) in [5.41, 5.74) is 5.32. The van der Waals surface area contributed by atoms with Crippen LogP contribution in [0.1, 0.15) is 69.2 Å². The van der Waals surface area contributed by atoms with Gasteiger partial charge in [-0.2, -0.15) is 5.10 Å². The number of carbonyl (C=O) groups is 1. The number of pyridine rings is 1. The number of morpholine rings is 1. The molecule has 0 aliphatic carbocycles. The molecule has 0 saturated carbocycles. The Labute approximate surface area is 261 Å². The van der Waals surface area contributed by atoms with Gasteiger partial charge in [0.15, 0.2) is 0 Å². The van der Waals surface area contributed by atoms with Crippen LogP contribution in [-0.4, -0.2) is 83.7 Å². The fourth-order valence-corrected chi connectivity index (χ4v) is 6.77. The average molecular weight is 601 g/mol. The Balaban J connectivity index is 1.18. The molecule has 2 atom stereocenters. The Kier molecular flexibility index (Phi) is 9.52. The number of benzene rings is 1. The van der Waals surface area contributed by atoms with Crippen molar-refractivity contribution >= 4 is 17.5 Å². The summed E-state index contributed by atoms with van der Waals surface area (Å²) in [6, 6.07) is 13.1. The first-order valence-corrected chi connectivity index (χ1v) is 16.4. The number of aryl methyl sites for hydroxylation is 2. The molecule has 5 heterocycles. The van der Waals surface area contributed by atoms with Crippen molar-refractivity contribution in [2.45, 2.75) is 70.8 Å². The maximum Gasteiger partial charge on any atom is 0.306 e. The van der Waals surface area contributed by atoms with E-state index in [0.29, 0.717) is 12.3 Å². The maximum atomic E-state index is 13.2. The highest BCUT2D eigenvalue weighted by molar-refractivity contribution is 5.71. The Bertz CT molecular complexity index is 1400. The summed E-state index contributed by atoms with van der Waals surface area (Å²) in [7, 11) is 0. The smallest absolute Gasteiger partial charge is 0.306 e. The standard InChI is InChI=1S/C35H48N6O3/c1-35(2,3)44-33(42)22-29(28-20-31(40-16-18-43-19-17-40)23-32(21-28)41-14-5-13-37-41)25-39-15-11-26(24-39)7-9-30-10-8-27-6-4-12-36-34(27)38-30/h5,8,10,13-14,20-21,23,26,29H,4,6-7,9,11-12,15-19,22,24-25H2,1-3H3,(H,36,38)/t26-,29-/m1/s1. The Morgan fingerprint density at radius 2 is 1.98 bits per heavy atom. The second-order valence-corrected chi connectivity index (χ2v) is 13.6. The van der Waals surface area contributed by atoms with E-state index >= 15 is 0 Å².